The minimum atomic E-state index is -0.679. The van der Waals surface area contributed by atoms with Gasteiger partial charge in [0, 0.05) is 13.2 Å². The fourth-order valence-corrected chi connectivity index (χ4v) is 2.15. The molecule has 0 aliphatic rings. The maximum atomic E-state index is 11.8. The van der Waals surface area contributed by atoms with Crippen LogP contribution in [-0.2, 0) is 11.2 Å². The maximum absolute atomic E-state index is 11.8. The first-order chi connectivity index (χ1) is 9.02. The van der Waals surface area contributed by atoms with E-state index >= 15 is 0 Å². The van der Waals surface area contributed by atoms with Crippen molar-refractivity contribution in [3.63, 3.8) is 0 Å². The van der Waals surface area contributed by atoms with Crippen LogP contribution in [0.5, 0.6) is 0 Å². The van der Waals surface area contributed by atoms with Crippen molar-refractivity contribution >= 4 is 17.2 Å². The lowest BCUT2D eigenvalue weighted by atomic mass is 10.2. The average Bonchev–Trinajstić information content (AvgIpc) is 2.84. The summed E-state index contributed by atoms with van der Waals surface area (Å²) in [7, 11) is 0. The fourth-order valence-electron chi connectivity index (χ4n) is 1.38. The van der Waals surface area contributed by atoms with Crippen molar-refractivity contribution in [2.75, 3.05) is 19.8 Å². The number of carbonyl (C=O) groups excluding carboxylic acids is 1. The van der Waals surface area contributed by atoms with Crippen LogP contribution >= 0.6 is 11.3 Å². The van der Waals surface area contributed by atoms with Gasteiger partial charge in [0.15, 0.2) is 0 Å². The highest BCUT2D eigenvalue weighted by molar-refractivity contribution is 7.13. The number of ether oxygens (including phenoxy) is 1. The first-order valence-corrected chi connectivity index (χ1v) is 7.33. The van der Waals surface area contributed by atoms with Gasteiger partial charge >= 0.3 is 0 Å². The minimum absolute atomic E-state index is 0.191. The number of aromatic nitrogens is 1. The first-order valence-electron chi connectivity index (χ1n) is 6.51. The Kier molecular flexibility index (Phi) is 6.97. The molecule has 1 amide bonds. The van der Waals surface area contributed by atoms with Gasteiger partial charge in [-0.05, 0) is 12.3 Å². The molecule has 0 saturated heterocycles. The van der Waals surface area contributed by atoms with Gasteiger partial charge in [0.25, 0.3) is 5.91 Å². The summed E-state index contributed by atoms with van der Waals surface area (Å²) in [6, 6.07) is 0. The van der Waals surface area contributed by atoms with Gasteiger partial charge in [-0.25, -0.2) is 4.98 Å². The van der Waals surface area contributed by atoms with Gasteiger partial charge in [-0.2, -0.15) is 0 Å². The Balaban J connectivity index is 2.25. The molecule has 1 aromatic rings. The molecule has 1 heterocycles. The van der Waals surface area contributed by atoms with Gasteiger partial charge in [-0.15, -0.1) is 11.3 Å². The van der Waals surface area contributed by atoms with Gasteiger partial charge in [-0.1, -0.05) is 20.8 Å². The molecule has 0 aromatic carbocycles. The first kappa shape index (κ1) is 16.1. The molecule has 19 heavy (non-hydrogen) atoms. The number of thiazole rings is 1. The van der Waals surface area contributed by atoms with Crippen LogP contribution in [0, 0.1) is 5.92 Å². The summed E-state index contributed by atoms with van der Waals surface area (Å²) in [4.78, 5) is 16.5. The van der Waals surface area contributed by atoms with Crippen LogP contribution in [0.4, 0.5) is 0 Å². The highest BCUT2D eigenvalue weighted by atomic mass is 32.1. The zero-order valence-corrected chi connectivity index (χ0v) is 12.5. The Morgan fingerprint density at radius 3 is 2.84 bits per heavy atom. The maximum Gasteiger partial charge on any atom is 0.263 e. The normalized spacial score (nSPS) is 12.7. The van der Waals surface area contributed by atoms with Crippen molar-refractivity contribution in [1.82, 2.24) is 10.3 Å². The molecule has 1 rings (SSSR count). The second-order valence-electron chi connectivity index (χ2n) is 4.77. The quantitative estimate of drug-likeness (QED) is 0.759. The van der Waals surface area contributed by atoms with Crippen molar-refractivity contribution in [3.05, 3.63) is 16.1 Å². The van der Waals surface area contributed by atoms with E-state index in [9.17, 15) is 9.90 Å². The van der Waals surface area contributed by atoms with E-state index in [4.69, 9.17) is 4.74 Å². The van der Waals surface area contributed by atoms with Crippen molar-refractivity contribution < 1.29 is 14.6 Å². The summed E-state index contributed by atoms with van der Waals surface area (Å²) < 4.78 is 5.31. The molecule has 0 radical (unpaired) electrons. The van der Waals surface area contributed by atoms with Crippen LogP contribution in [0.3, 0.4) is 0 Å². The van der Waals surface area contributed by atoms with Gasteiger partial charge in [0.05, 0.1) is 23.9 Å². The number of amides is 1. The lowest BCUT2D eigenvalue weighted by molar-refractivity contribution is 0.0259. The number of carbonyl (C=O) groups is 1. The van der Waals surface area contributed by atoms with E-state index in [2.05, 4.69) is 10.3 Å². The smallest absolute Gasteiger partial charge is 0.263 e. The molecule has 0 aliphatic carbocycles. The SMILES string of the molecule is CCc1ncc(C(=O)NCC(O)COCC(C)C)s1. The van der Waals surface area contributed by atoms with Crippen LogP contribution in [0.1, 0.15) is 35.5 Å². The lowest BCUT2D eigenvalue weighted by Crippen LogP contribution is -2.34. The Hall–Kier alpha value is -0.980. The number of aryl methyl sites for hydroxylation is 1. The number of rotatable bonds is 8. The molecule has 0 spiro atoms. The topological polar surface area (TPSA) is 71.5 Å². The zero-order valence-electron chi connectivity index (χ0n) is 11.7. The van der Waals surface area contributed by atoms with E-state index in [1.807, 2.05) is 20.8 Å². The third-order valence-corrected chi connectivity index (χ3v) is 3.48. The van der Waals surface area contributed by atoms with Crippen LogP contribution in [0.15, 0.2) is 6.20 Å². The number of aliphatic hydroxyl groups excluding tert-OH is 1. The average molecular weight is 286 g/mol. The molecular formula is C13H22N2O3S. The number of nitrogens with one attached hydrogen (secondary N) is 1. The predicted molar refractivity (Wildman–Crippen MR) is 75.5 cm³/mol. The predicted octanol–water partition coefficient (Wildman–Crippen LogP) is 1.47. The molecule has 1 unspecified atom stereocenters. The van der Waals surface area contributed by atoms with Crippen LogP contribution < -0.4 is 5.32 Å². The molecule has 0 aliphatic heterocycles. The van der Waals surface area contributed by atoms with E-state index in [0.717, 1.165) is 11.4 Å². The zero-order chi connectivity index (χ0) is 14.3. The standard InChI is InChI=1S/C13H22N2O3S/c1-4-12-14-6-11(19-12)13(17)15-5-10(16)8-18-7-9(2)3/h6,9-10,16H,4-5,7-8H2,1-3H3,(H,15,17). The Morgan fingerprint density at radius 1 is 1.53 bits per heavy atom. The van der Waals surface area contributed by atoms with Crippen molar-refractivity contribution in [3.8, 4) is 0 Å². The van der Waals surface area contributed by atoms with E-state index in [-0.39, 0.29) is 19.1 Å². The lowest BCUT2D eigenvalue weighted by Gasteiger charge is -2.13. The molecule has 6 heteroatoms. The minimum Gasteiger partial charge on any atom is -0.389 e. The Bertz CT molecular complexity index is 393. The summed E-state index contributed by atoms with van der Waals surface area (Å²) in [5.74, 6) is 0.242. The third kappa shape index (κ3) is 6.13. The number of nitrogens with zero attached hydrogens (tertiary/aromatic N) is 1. The molecule has 0 fully saturated rings. The summed E-state index contributed by atoms with van der Waals surface area (Å²) in [5, 5.41) is 13.3. The fraction of sp³-hybridized carbons (Fsp3) is 0.692. The van der Waals surface area contributed by atoms with E-state index in [1.165, 1.54) is 11.3 Å². The second kappa shape index (κ2) is 8.24. The van der Waals surface area contributed by atoms with E-state index in [0.29, 0.717) is 17.4 Å². The monoisotopic (exact) mass is 286 g/mol. The summed E-state index contributed by atoms with van der Waals surface area (Å²) in [5.41, 5.74) is 0. The highest BCUT2D eigenvalue weighted by Crippen LogP contribution is 2.12. The molecule has 1 atom stereocenters. The number of hydrogen-bond donors (Lipinski definition) is 2. The molecule has 5 nitrogen and oxygen atoms in total. The van der Waals surface area contributed by atoms with E-state index in [1.54, 1.807) is 6.20 Å². The Morgan fingerprint density at radius 2 is 2.26 bits per heavy atom. The second-order valence-corrected chi connectivity index (χ2v) is 5.88. The third-order valence-electron chi connectivity index (χ3n) is 2.34. The number of hydrogen-bond acceptors (Lipinski definition) is 5. The van der Waals surface area contributed by atoms with Gasteiger partial charge in [0.1, 0.15) is 4.88 Å². The van der Waals surface area contributed by atoms with Gasteiger partial charge < -0.3 is 15.2 Å². The molecule has 1 aromatic heterocycles. The van der Waals surface area contributed by atoms with Crippen molar-refractivity contribution in [2.45, 2.75) is 33.3 Å². The van der Waals surface area contributed by atoms with Crippen molar-refractivity contribution in [2.24, 2.45) is 5.92 Å². The Labute approximate surface area is 118 Å². The van der Waals surface area contributed by atoms with Crippen LogP contribution in [0.2, 0.25) is 0 Å². The van der Waals surface area contributed by atoms with E-state index < -0.39 is 6.10 Å². The summed E-state index contributed by atoms with van der Waals surface area (Å²) in [6.07, 6.45) is 1.71. The van der Waals surface area contributed by atoms with Gasteiger partial charge in [-0.3, -0.25) is 4.79 Å². The largest absolute Gasteiger partial charge is 0.389 e. The van der Waals surface area contributed by atoms with Crippen LogP contribution in [0.25, 0.3) is 0 Å². The van der Waals surface area contributed by atoms with Crippen molar-refractivity contribution in [1.29, 1.82) is 0 Å². The molecule has 0 saturated carbocycles. The van der Waals surface area contributed by atoms with Gasteiger partial charge in [0.2, 0.25) is 0 Å². The molecule has 2 N–H and O–H groups in total. The molecular weight excluding hydrogens is 264 g/mol. The molecule has 0 bridgehead atoms. The summed E-state index contributed by atoms with van der Waals surface area (Å²) >= 11 is 1.38. The number of aliphatic hydroxyl groups is 1. The van der Waals surface area contributed by atoms with Crippen LogP contribution in [-0.4, -0.2) is 41.9 Å². The molecule has 108 valence electrons. The summed E-state index contributed by atoms with van der Waals surface area (Å²) in [6.45, 7) is 7.13. The highest BCUT2D eigenvalue weighted by Gasteiger charge is 2.12.